The molecule has 1 amide bonds. The summed E-state index contributed by atoms with van der Waals surface area (Å²) in [6.07, 6.45) is 3.22. The van der Waals surface area contributed by atoms with Crippen molar-refractivity contribution in [2.24, 2.45) is 7.05 Å². The fourth-order valence-electron chi connectivity index (χ4n) is 2.89. The number of carbonyl (C=O) groups excluding carboxylic acids is 1. The molecule has 2 aromatic heterocycles. The first kappa shape index (κ1) is 16.2. The second-order valence-corrected chi connectivity index (χ2v) is 6.28. The van der Waals surface area contributed by atoms with Gasteiger partial charge in [0.2, 0.25) is 5.91 Å². The molecule has 126 valence electrons. The maximum Gasteiger partial charge on any atom is 0.223 e. The lowest BCUT2D eigenvalue weighted by atomic mass is 10.1. The molecule has 0 spiro atoms. The quantitative estimate of drug-likeness (QED) is 0.784. The van der Waals surface area contributed by atoms with Crippen molar-refractivity contribution in [1.82, 2.24) is 24.6 Å². The molecular weight excluding hydrogens is 302 g/mol. The zero-order chi connectivity index (χ0) is 17.3. The van der Waals surface area contributed by atoms with E-state index in [9.17, 15) is 4.79 Å². The van der Waals surface area contributed by atoms with Crippen LogP contribution in [0.5, 0.6) is 0 Å². The number of amides is 1. The Balaban J connectivity index is 1.64. The van der Waals surface area contributed by atoms with Gasteiger partial charge in [0.25, 0.3) is 0 Å². The van der Waals surface area contributed by atoms with Crippen molar-refractivity contribution >= 4 is 16.8 Å². The third kappa shape index (κ3) is 3.04. The van der Waals surface area contributed by atoms with Crippen molar-refractivity contribution in [2.75, 3.05) is 7.05 Å². The van der Waals surface area contributed by atoms with E-state index in [1.807, 2.05) is 31.8 Å². The number of fused-ring (bicyclic) bond motifs is 1. The van der Waals surface area contributed by atoms with E-state index in [-0.39, 0.29) is 5.91 Å². The van der Waals surface area contributed by atoms with Crippen LogP contribution < -0.4 is 0 Å². The van der Waals surface area contributed by atoms with Crippen LogP contribution in [0.3, 0.4) is 0 Å². The maximum atomic E-state index is 12.4. The Morgan fingerprint density at radius 2 is 2.08 bits per heavy atom. The van der Waals surface area contributed by atoms with Crippen LogP contribution in [0.1, 0.15) is 29.2 Å². The van der Waals surface area contributed by atoms with Gasteiger partial charge in [-0.3, -0.25) is 4.79 Å². The van der Waals surface area contributed by atoms with Crippen LogP contribution in [0.4, 0.5) is 0 Å². The van der Waals surface area contributed by atoms with Gasteiger partial charge in [-0.1, -0.05) is 18.2 Å². The molecule has 0 aliphatic heterocycles. The molecule has 0 saturated heterocycles. The number of para-hydroxylation sites is 1. The van der Waals surface area contributed by atoms with Gasteiger partial charge < -0.3 is 14.5 Å². The summed E-state index contributed by atoms with van der Waals surface area (Å²) in [6, 6.07) is 6.24. The van der Waals surface area contributed by atoms with Crippen molar-refractivity contribution in [3.63, 3.8) is 0 Å². The van der Waals surface area contributed by atoms with Crippen molar-refractivity contribution in [1.29, 1.82) is 0 Å². The largest absolute Gasteiger partial charge is 0.361 e. The lowest BCUT2D eigenvalue weighted by Gasteiger charge is -2.16. The first-order chi connectivity index (χ1) is 11.5. The van der Waals surface area contributed by atoms with Gasteiger partial charge in [-0.2, -0.15) is 0 Å². The van der Waals surface area contributed by atoms with Gasteiger partial charge in [-0.15, -0.1) is 10.2 Å². The van der Waals surface area contributed by atoms with Crippen LogP contribution in [0.25, 0.3) is 10.9 Å². The molecule has 0 saturated carbocycles. The Hall–Kier alpha value is -2.63. The lowest BCUT2D eigenvalue weighted by Crippen LogP contribution is -2.27. The van der Waals surface area contributed by atoms with Gasteiger partial charge in [0, 0.05) is 37.6 Å². The van der Waals surface area contributed by atoms with Gasteiger partial charge in [0.05, 0.1) is 6.54 Å². The summed E-state index contributed by atoms with van der Waals surface area (Å²) in [7, 11) is 3.73. The highest BCUT2D eigenvalue weighted by Crippen LogP contribution is 2.22. The van der Waals surface area contributed by atoms with Gasteiger partial charge >= 0.3 is 0 Å². The third-order valence-corrected chi connectivity index (χ3v) is 4.60. The fourth-order valence-corrected chi connectivity index (χ4v) is 2.89. The number of H-pyrrole nitrogens is 1. The molecule has 6 heteroatoms. The molecule has 0 aliphatic carbocycles. The number of nitrogens with one attached hydrogen (secondary N) is 1. The van der Waals surface area contributed by atoms with Crippen molar-refractivity contribution in [2.45, 2.75) is 33.2 Å². The molecule has 0 unspecified atom stereocenters. The normalized spacial score (nSPS) is 11.2. The summed E-state index contributed by atoms with van der Waals surface area (Å²) in [6.45, 7) is 4.46. The summed E-state index contributed by atoms with van der Waals surface area (Å²) >= 11 is 0. The molecule has 6 nitrogen and oxygen atoms in total. The van der Waals surface area contributed by atoms with Crippen LogP contribution in [0.15, 0.2) is 24.4 Å². The maximum absolute atomic E-state index is 12.4. The molecule has 3 aromatic rings. The summed E-state index contributed by atoms with van der Waals surface area (Å²) in [4.78, 5) is 17.4. The number of aromatic amines is 1. The van der Waals surface area contributed by atoms with E-state index >= 15 is 0 Å². The van der Waals surface area contributed by atoms with E-state index in [0.29, 0.717) is 13.0 Å². The molecule has 2 heterocycles. The minimum atomic E-state index is 0.109. The minimum absolute atomic E-state index is 0.109. The second-order valence-electron chi connectivity index (χ2n) is 6.28. The lowest BCUT2D eigenvalue weighted by molar-refractivity contribution is -0.130. The number of hydrogen-bond acceptors (Lipinski definition) is 3. The number of benzene rings is 1. The van der Waals surface area contributed by atoms with Crippen LogP contribution in [0, 0.1) is 13.8 Å². The van der Waals surface area contributed by atoms with Gasteiger partial charge in [0.1, 0.15) is 5.82 Å². The van der Waals surface area contributed by atoms with Gasteiger partial charge in [0.15, 0.2) is 5.82 Å². The number of rotatable bonds is 5. The predicted octanol–water partition coefficient (Wildman–Crippen LogP) is 2.50. The highest BCUT2D eigenvalue weighted by Gasteiger charge is 2.14. The predicted molar refractivity (Wildman–Crippen MR) is 93.6 cm³/mol. The molecule has 3 rings (SSSR count). The molecule has 0 fully saturated rings. The van der Waals surface area contributed by atoms with Crippen LogP contribution in [-0.2, 0) is 24.8 Å². The van der Waals surface area contributed by atoms with Crippen molar-refractivity contribution in [3.8, 4) is 0 Å². The van der Waals surface area contributed by atoms with Crippen molar-refractivity contribution < 1.29 is 4.79 Å². The fraction of sp³-hybridized carbons (Fsp3) is 0.389. The molecule has 0 aliphatic rings. The van der Waals surface area contributed by atoms with E-state index in [4.69, 9.17) is 0 Å². The second kappa shape index (κ2) is 6.47. The number of hydrogen-bond donors (Lipinski definition) is 1. The Kier molecular flexibility index (Phi) is 4.38. The van der Waals surface area contributed by atoms with Crippen molar-refractivity contribution in [3.05, 3.63) is 47.2 Å². The van der Waals surface area contributed by atoms with Crippen LogP contribution in [0.2, 0.25) is 0 Å². The Morgan fingerprint density at radius 3 is 2.79 bits per heavy atom. The van der Waals surface area contributed by atoms with E-state index in [2.05, 4.69) is 40.3 Å². The summed E-state index contributed by atoms with van der Waals surface area (Å²) in [5.74, 6) is 1.75. The van der Waals surface area contributed by atoms with E-state index in [1.165, 1.54) is 16.5 Å². The Labute approximate surface area is 141 Å². The molecular formula is C18H23N5O. The zero-order valence-corrected chi connectivity index (χ0v) is 14.6. The van der Waals surface area contributed by atoms with E-state index < -0.39 is 0 Å². The minimum Gasteiger partial charge on any atom is -0.361 e. The van der Waals surface area contributed by atoms with E-state index in [1.54, 1.807) is 4.90 Å². The number of carbonyl (C=O) groups is 1. The molecule has 0 radical (unpaired) electrons. The summed E-state index contributed by atoms with van der Waals surface area (Å²) in [5, 5.41) is 9.34. The SMILES string of the molecule is Cc1cccc2c(CCC(=O)N(C)Cc3nnc(C)n3C)c[nH]c12. The topological polar surface area (TPSA) is 66.8 Å². The van der Waals surface area contributed by atoms with Gasteiger partial charge in [-0.25, -0.2) is 0 Å². The first-order valence-electron chi connectivity index (χ1n) is 8.11. The third-order valence-electron chi connectivity index (χ3n) is 4.60. The molecule has 0 bridgehead atoms. The Bertz CT molecular complexity index is 877. The summed E-state index contributed by atoms with van der Waals surface area (Å²) in [5.41, 5.74) is 3.56. The zero-order valence-electron chi connectivity index (χ0n) is 14.6. The highest BCUT2D eigenvalue weighted by atomic mass is 16.2. The number of aromatic nitrogens is 4. The molecule has 24 heavy (non-hydrogen) atoms. The van der Waals surface area contributed by atoms with Gasteiger partial charge in [-0.05, 0) is 31.4 Å². The monoisotopic (exact) mass is 325 g/mol. The number of aryl methyl sites for hydroxylation is 3. The van der Waals surface area contributed by atoms with Crippen LogP contribution in [-0.4, -0.2) is 37.6 Å². The average Bonchev–Trinajstić information content (AvgIpc) is 3.12. The Morgan fingerprint density at radius 1 is 1.29 bits per heavy atom. The first-order valence-corrected chi connectivity index (χ1v) is 8.11. The standard InChI is InChI=1S/C18H23N5O/c1-12-6-5-7-15-14(10-19-18(12)15)8-9-17(24)22(3)11-16-21-20-13(2)23(16)4/h5-7,10,19H,8-9,11H2,1-4H3. The average molecular weight is 325 g/mol. The molecule has 0 atom stereocenters. The summed E-state index contributed by atoms with van der Waals surface area (Å²) < 4.78 is 1.91. The highest BCUT2D eigenvalue weighted by molar-refractivity contribution is 5.86. The smallest absolute Gasteiger partial charge is 0.223 e. The molecule has 1 N–H and O–H groups in total. The van der Waals surface area contributed by atoms with Crippen LogP contribution >= 0.6 is 0 Å². The number of nitrogens with zero attached hydrogens (tertiary/aromatic N) is 4. The molecule has 1 aromatic carbocycles. The van der Waals surface area contributed by atoms with E-state index in [0.717, 1.165) is 23.6 Å².